The Hall–Kier alpha value is -4.21. The number of nitrogens with one attached hydrogen (secondary N) is 3. The van der Waals surface area contributed by atoms with Crippen LogP contribution in [0.3, 0.4) is 0 Å². The molecule has 2 aliphatic rings. The van der Waals surface area contributed by atoms with Crippen molar-refractivity contribution in [1.29, 1.82) is 0 Å². The van der Waals surface area contributed by atoms with Gasteiger partial charge in [0.25, 0.3) is 11.8 Å². The summed E-state index contributed by atoms with van der Waals surface area (Å²) in [6, 6.07) is 13.8. The van der Waals surface area contributed by atoms with Crippen LogP contribution in [0, 0.1) is 0 Å². The lowest BCUT2D eigenvalue weighted by molar-refractivity contribution is -0.151. The molecule has 1 saturated heterocycles. The minimum atomic E-state index is -1.20. The molecular weight excluding hydrogens is 611 g/mol. The Labute approximate surface area is 257 Å². The number of thioether (sulfide) groups is 2. The molecule has 4 heterocycles. The van der Waals surface area contributed by atoms with Crippen molar-refractivity contribution >= 4 is 69.6 Å². The Kier molecular flexibility index (Phi) is 8.19. The van der Waals surface area contributed by atoms with E-state index >= 15 is 0 Å². The maximum absolute atomic E-state index is 13.6. The SMILES string of the molecule is CCc1nnc(SCC2=C(C(=O)O)N3C(=O)C(NC(=O)C(NC(=O)c4nc5ccccc5[nH]4)c4ccccc4)[C@@H]3SC2)s1. The molecule has 2 aliphatic heterocycles. The summed E-state index contributed by atoms with van der Waals surface area (Å²) >= 11 is 4.23. The van der Waals surface area contributed by atoms with Gasteiger partial charge < -0.3 is 20.7 Å². The normalized spacial score (nSPS) is 18.6. The van der Waals surface area contributed by atoms with Crippen LogP contribution in [0.1, 0.15) is 34.2 Å². The van der Waals surface area contributed by atoms with E-state index in [1.165, 1.54) is 39.8 Å². The Morgan fingerprint density at radius 2 is 1.91 bits per heavy atom. The number of para-hydroxylation sites is 2. The third-order valence-corrected chi connectivity index (χ3v) is 10.6. The fourth-order valence-corrected chi connectivity index (χ4v) is 8.15. The number of aromatic nitrogens is 4. The zero-order chi connectivity index (χ0) is 30.1. The standard InChI is InChI=1S/C28H25N7O5S3/c1-2-18-33-34-28(43-18)42-13-15-12-41-26-20(25(38)35(26)21(15)27(39)40)32-23(36)19(14-8-4-3-5-9-14)31-24(37)22-29-16-10-6-7-11-17(16)30-22/h3-11,19-20,26H,2,12-13H2,1H3,(H,29,30)(H,31,37)(H,32,36)(H,39,40)/t19?,20?,26-/m0/s1. The minimum absolute atomic E-state index is 0.0461. The molecule has 0 bridgehead atoms. The molecule has 3 amide bonds. The molecular formula is C28H25N7O5S3. The Morgan fingerprint density at radius 3 is 2.63 bits per heavy atom. The molecule has 2 unspecified atom stereocenters. The Bertz CT molecular complexity index is 1720. The lowest BCUT2D eigenvalue weighted by atomic mass is 10.0. The van der Waals surface area contributed by atoms with E-state index in [0.717, 1.165) is 15.8 Å². The number of carbonyl (C=O) groups is 4. The number of aliphatic carboxylic acids is 1. The van der Waals surface area contributed by atoms with E-state index in [2.05, 4.69) is 30.8 Å². The molecule has 12 nitrogen and oxygen atoms in total. The molecule has 2 aromatic heterocycles. The summed E-state index contributed by atoms with van der Waals surface area (Å²) in [6.07, 6.45) is 0.767. The highest BCUT2D eigenvalue weighted by Crippen LogP contribution is 2.42. The second-order valence-electron chi connectivity index (χ2n) is 9.68. The first kappa shape index (κ1) is 28.9. The fraction of sp³-hybridized carbons (Fsp3) is 0.250. The van der Waals surface area contributed by atoms with Crippen molar-refractivity contribution in [3.8, 4) is 0 Å². The number of carboxylic acids is 1. The van der Waals surface area contributed by atoms with Gasteiger partial charge in [-0.05, 0) is 29.7 Å². The molecule has 0 saturated carbocycles. The largest absolute Gasteiger partial charge is 0.477 e. The number of H-pyrrole nitrogens is 1. The van der Waals surface area contributed by atoms with Crippen molar-refractivity contribution < 1.29 is 24.3 Å². The fourth-order valence-electron chi connectivity index (χ4n) is 4.82. The smallest absolute Gasteiger partial charge is 0.352 e. The molecule has 0 spiro atoms. The summed E-state index contributed by atoms with van der Waals surface area (Å²) in [5, 5.41) is 24.0. The second-order valence-corrected chi connectivity index (χ2v) is 13.1. The third-order valence-electron chi connectivity index (χ3n) is 6.94. The summed E-state index contributed by atoms with van der Waals surface area (Å²) in [5.41, 5.74) is 2.33. The average molecular weight is 636 g/mol. The topological polar surface area (TPSA) is 170 Å². The van der Waals surface area contributed by atoms with Gasteiger partial charge in [-0.1, -0.05) is 72.5 Å². The summed E-state index contributed by atoms with van der Waals surface area (Å²) < 4.78 is 0.734. The number of hydrogen-bond donors (Lipinski definition) is 4. The van der Waals surface area contributed by atoms with Crippen LogP contribution >= 0.6 is 34.9 Å². The highest BCUT2D eigenvalue weighted by molar-refractivity contribution is 8.01. The van der Waals surface area contributed by atoms with Crippen LogP contribution in [-0.2, 0) is 20.8 Å². The van der Waals surface area contributed by atoms with Gasteiger partial charge in [0.05, 0.1) is 11.0 Å². The van der Waals surface area contributed by atoms with Crippen molar-refractivity contribution in [3.05, 3.63) is 82.3 Å². The van der Waals surface area contributed by atoms with Crippen LogP contribution in [0.4, 0.5) is 0 Å². The van der Waals surface area contributed by atoms with Crippen LogP contribution in [0.25, 0.3) is 11.0 Å². The van der Waals surface area contributed by atoms with Gasteiger partial charge in [0.1, 0.15) is 28.2 Å². The number of benzene rings is 2. The quantitative estimate of drug-likeness (QED) is 0.150. The first-order chi connectivity index (χ1) is 20.8. The molecule has 0 radical (unpaired) electrons. The van der Waals surface area contributed by atoms with E-state index in [4.69, 9.17) is 0 Å². The van der Waals surface area contributed by atoms with E-state index in [9.17, 15) is 24.3 Å². The van der Waals surface area contributed by atoms with E-state index in [0.29, 0.717) is 33.7 Å². The van der Waals surface area contributed by atoms with Crippen LogP contribution < -0.4 is 10.6 Å². The predicted octanol–water partition coefficient (Wildman–Crippen LogP) is 2.98. The van der Waals surface area contributed by atoms with E-state index in [1.807, 2.05) is 13.0 Å². The lowest BCUT2D eigenvalue weighted by Gasteiger charge is -2.49. The highest BCUT2D eigenvalue weighted by atomic mass is 32.2. The van der Waals surface area contributed by atoms with E-state index < -0.39 is 41.1 Å². The molecule has 3 atom stereocenters. The van der Waals surface area contributed by atoms with Gasteiger partial charge in [0.2, 0.25) is 5.91 Å². The van der Waals surface area contributed by atoms with Gasteiger partial charge in [-0.2, -0.15) is 0 Å². The highest BCUT2D eigenvalue weighted by Gasteiger charge is 2.54. The zero-order valence-corrected chi connectivity index (χ0v) is 25.1. The van der Waals surface area contributed by atoms with Crippen LogP contribution in [0.15, 0.2) is 70.2 Å². The number of imidazole rings is 1. The molecule has 1 fully saturated rings. The number of amides is 3. The van der Waals surface area contributed by atoms with Gasteiger partial charge in [0.15, 0.2) is 10.2 Å². The first-order valence-corrected chi connectivity index (χ1v) is 16.1. The van der Waals surface area contributed by atoms with Crippen molar-refractivity contribution in [2.45, 2.75) is 35.1 Å². The maximum atomic E-state index is 13.6. The van der Waals surface area contributed by atoms with Crippen LogP contribution in [0.5, 0.6) is 0 Å². The first-order valence-electron chi connectivity index (χ1n) is 13.3. The molecule has 2 aromatic carbocycles. The monoisotopic (exact) mass is 635 g/mol. The Balaban J connectivity index is 1.17. The molecule has 43 heavy (non-hydrogen) atoms. The maximum Gasteiger partial charge on any atom is 0.352 e. The van der Waals surface area contributed by atoms with E-state index in [-0.39, 0.29) is 11.5 Å². The number of hydrogen-bond acceptors (Lipinski definition) is 10. The summed E-state index contributed by atoms with van der Waals surface area (Å²) in [4.78, 5) is 60.8. The van der Waals surface area contributed by atoms with Gasteiger partial charge in [-0.15, -0.1) is 22.0 Å². The van der Waals surface area contributed by atoms with Crippen molar-refractivity contribution in [2.24, 2.45) is 0 Å². The summed E-state index contributed by atoms with van der Waals surface area (Å²) in [7, 11) is 0. The van der Waals surface area contributed by atoms with Crippen molar-refractivity contribution in [3.63, 3.8) is 0 Å². The number of carboxylic acid groups (broad SMARTS) is 1. The van der Waals surface area contributed by atoms with Crippen molar-refractivity contribution in [1.82, 2.24) is 35.7 Å². The molecule has 0 aliphatic carbocycles. The number of aryl methyl sites for hydroxylation is 1. The zero-order valence-electron chi connectivity index (χ0n) is 22.6. The number of fused-ring (bicyclic) bond motifs is 2. The van der Waals surface area contributed by atoms with Gasteiger partial charge in [0, 0.05) is 11.5 Å². The minimum Gasteiger partial charge on any atom is -0.477 e. The van der Waals surface area contributed by atoms with Crippen LogP contribution in [0.2, 0.25) is 0 Å². The average Bonchev–Trinajstić information content (AvgIpc) is 3.68. The third kappa shape index (κ3) is 5.75. The lowest BCUT2D eigenvalue weighted by Crippen LogP contribution is -2.71. The molecule has 6 rings (SSSR count). The molecule has 4 aromatic rings. The molecule has 15 heteroatoms. The predicted molar refractivity (Wildman–Crippen MR) is 162 cm³/mol. The van der Waals surface area contributed by atoms with Gasteiger partial charge in [-0.3, -0.25) is 19.3 Å². The van der Waals surface area contributed by atoms with Gasteiger partial charge in [-0.25, -0.2) is 9.78 Å². The van der Waals surface area contributed by atoms with Crippen molar-refractivity contribution in [2.75, 3.05) is 11.5 Å². The Morgan fingerprint density at radius 1 is 1.14 bits per heavy atom. The summed E-state index contributed by atoms with van der Waals surface area (Å²) in [5.74, 6) is -2.14. The number of aromatic amines is 1. The molecule has 4 N–H and O–H groups in total. The van der Waals surface area contributed by atoms with E-state index in [1.54, 1.807) is 48.5 Å². The number of nitrogens with zero attached hydrogens (tertiary/aromatic N) is 4. The molecule has 220 valence electrons. The number of carbonyl (C=O) groups excluding carboxylic acids is 3. The van der Waals surface area contributed by atoms with Gasteiger partial charge >= 0.3 is 5.97 Å². The number of β-lactam (4-membered cyclic amide) rings is 1. The summed E-state index contributed by atoms with van der Waals surface area (Å²) in [6.45, 7) is 1.99. The number of rotatable bonds is 10. The van der Waals surface area contributed by atoms with Crippen LogP contribution in [-0.4, -0.2) is 76.8 Å². The second kappa shape index (κ2) is 12.2.